The molecule has 5 heteroatoms. The number of hydrogen-bond donors (Lipinski definition) is 1. The molecule has 0 bridgehead atoms. The van der Waals surface area contributed by atoms with Crippen LogP contribution >= 0.6 is 0 Å². The highest BCUT2D eigenvalue weighted by atomic mass is 16.1. The third-order valence-corrected chi connectivity index (χ3v) is 6.79. The van der Waals surface area contributed by atoms with Crippen LogP contribution in [0.5, 0.6) is 0 Å². The van der Waals surface area contributed by atoms with Gasteiger partial charge in [0.1, 0.15) is 0 Å². The summed E-state index contributed by atoms with van der Waals surface area (Å²) in [7, 11) is 0. The van der Waals surface area contributed by atoms with Gasteiger partial charge < -0.3 is 14.8 Å². The summed E-state index contributed by atoms with van der Waals surface area (Å²) >= 11 is 0. The molecule has 0 unspecified atom stereocenters. The zero-order valence-electron chi connectivity index (χ0n) is 17.9. The smallest absolute Gasteiger partial charge is 0.294 e. The largest absolute Gasteiger partial charge is 0.365 e. The summed E-state index contributed by atoms with van der Waals surface area (Å²) in [6.07, 6.45) is 12.8. The molecule has 1 aliphatic carbocycles. The van der Waals surface area contributed by atoms with Gasteiger partial charge >= 0.3 is 0 Å². The fourth-order valence-electron chi connectivity index (χ4n) is 5.18. The molecule has 2 aliphatic rings. The molecule has 0 amide bonds. The summed E-state index contributed by atoms with van der Waals surface area (Å²) in [5.74, 6) is 0.507. The fourth-order valence-corrected chi connectivity index (χ4v) is 5.18. The van der Waals surface area contributed by atoms with Gasteiger partial charge in [-0.3, -0.25) is 4.79 Å². The van der Waals surface area contributed by atoms with Gasteiger partial charge in [-0.2, -0.15) is 0 Å². The second-order valence-corrected chi connectivity index (χ2v) is 8.82. The van der Waals surface area contributed by atoms with Crippen molar-refractivity contribution in [3.05, 3.63) is 34.6 Å². The molecule has 1 aromatic carbocycles. The van der Waals surface area contributed by atoms with Crippen molar-refractivity contribution in [2.45, 2.75) is 83.2 Å². The molecule has 4 rings (SSSR count). The van der Waals surface area contributed by atoms with E-state index in [1.54, 1.807) is 0 Å². The SMILES string of the molecule is CCCNc1nc2ccccc2n(C2CCN(C3CCCCCCC3)CC2)c1=O. The van der Waals surface area contributed by atoms with E-state index in [4.69, 9.17) is 0 Å². The Balaban J connectivity index is 1.54. The first kappa shape index (κ1) is 20.4. The summed E-state index contributed by atoms with van der Waals surface area (Å²) < 4.78 is 2.04. The zero-order valence-corrected chi connectivity index (χ0v) is 17.9. The first-order valence-electron chi connectivity index (χ1n) is 11.8. The van der Waals surface area contributed by atoms with Gasteiger partial charge in [0.05, 0.1) is 11.0 Å². The van der Waals surface area contributed by atoms with Crippen molar-refractivity contribution >= 4 is 16.9 Å². The van der Waals surface area contributed by atoms with Crippen LogP contribution in [0.1, 0.15) is 77.2 Å². The molecule has 5 nitrogen and oxygen atoms in total. The van der Waals surface area contributed by atoms with E-state index in [0.29, 0.717) is 5.82 Å². The molecular weight excluding hydrogens is 360 g/mol. The predicted octanol–water partition coefficient (Wildman–Crippen LogP) is 4.97. The third kappa shape index (κ3) is 4.66. The van der Waals surface area contributed by atoms with E-state index in [0.717, 1.165) is 56.0 Å². The van der Waals surface area contributed by atoms with Crippen LogP contribution in [0.15, 0.2) is 29.1 Å². The maximum absolute atomic E-state index is 13.3. The molecule has 2 fully saturated rings. The lowest BCUT2D eigenvalue weighted by atomic mass is 9.93. The predicted molar refractivity (Wildman–Crippen MR) is 121 cm³/mol. The molecule has 2 aromatic rings. The lowest BCUT2D eigenvalue weighted by Crippen LogP contribution is -2.43. The molecular formula is C24H36N4O. The summed E-state index contributed by atoms with van der Waals surface area (Å²) in [5.41, 5.74) is 1.93. The molecule has 29 heavy (non-hydrogen) atoms. The lowest BCUT2D eigenvalue weighted by molar-refractivity contribution is 0.116. The number of benzene rings is 1. The Kier molecular flexibility index (Phi) is 6.86. The van der Waals surface area contributed by atoms with Crippen molar-refractivity contribution in [2.75, 3.05) is 25.0 Å². The van der Waals surface area contributed by atoms with Crippen molar-refractivity contribution in [1.82, 2.24) is 14.5 Å². The number of fused-ring (bicyclic) bond motifs is 1. The van der Waals surface area contributed by atoms with Gasteiger partial charge in [-0.05, 0) is 44.2 Å². The number of rotatable bonds is 5. The number of aromatic nitrogens is 2. The van der Waals surface area contributed by atoms with E-state index < -0.39 is 0 Å². The number of hydrogen-bond acceptors (Lipinski definition) is 4. The highest BCUT2D eigenvalue weighted by Crippen LogP contribution is 2.29. The van der Waals surface area contributed by atoms with Crippen molar-refractivity contribution in [3.8, 4) is 0 Å². The lowest BCUT2D eigenvalue weighted by Gasteiger charge is -2.39. The normalized spacial score (nSPS) is 20.4. The molecule has 1 saturated carbocycles. The number of nitrogens with one attached hydrogen (secondary N) is 1. The van der Waals surface area contributed by atoms with Crippen LogP contribution in [0, 0.1) is 0 Å². The van der Waals surface area contributed by atoms with Crippen LogP contribution in [-0.2, 0) is 0 Å². The highest BCUT2D eigenvalue weighted by molar-refractivity contribution is 5.76. The Morgan fingerprint density at radius 1 is 0.966 bits per heavy atom. The van der Waals surface area contributed by atoms with E-state index in [2.05, 4.69) is 28.2 Å². The number of piperidine rings is 1. The summed E-state index contributed by atoms with van der Waals surface area (Å²) in [4.78, 5) is 20.6. The van der Waals surface area contributed by atoms with Crippen LogP contribution in [-0.4, -0.2) is 40.1 Å². The quantitative estimate of drug-likeness (QED) is 0.775. The Hall–Kier alpha value is -1.88. The number of nitrogens with zero attached hydrogens (tertiary/aromatic N) is 3. The molecule has 1 aromatic heterocycles. The van der Waals surface area contributed by atoms with E-state index >= 15 is 0 Å². The van der Waals surface area contributed by atoms with E-state index in [1.165, 1.54) is 44.9 Å². The van der Waals surface area contributed by atoms with Crippen molar-refractivity contribution in [3.63, 3.8) is 0 Å². The van der Waals surface area contributed by atoms with Gasteiger partial charge in [-0.15, -0.1) is 0 Å². The van der Waals surface area contributed by atoms with Crippen molar-refractivity contribution < 1.29 is 0 Å². The summed E-state index contributed by atoms with van der Waals surface area (Å²) in [5, 5.41) is 3.25. The molecule has 0 radical (unpaired) electrons. The average molecular weight is 397 g/mol. The second kappa shape index (κ2) is 9.75. The third-order valence-electron chi connectivity index (χ3n) is 6.79. The molecule has 2 heterocycles. The number of anilines is 1. The van der Waals surface area contributed by atoms with Crippen LogP contribution in [0.2, 0.25) is 0 Å². The van der Waals surface area contributed by atoms with Crippen molar-refractivity contribution in [2.24, 2.45) is 0 Å². The average Bonchev–Trinajstić information content (AvgIpc) is 2.72. The molecule has 0 atom stereocenters. The van der Waals surface area contributed by atoms with Gasteiger partial charge in [-0.25, -0.2) is 4.98 Å². The van der Waals surface area contributed by atoms with E-state index in [1.807, 2.05) is 22.8 Å². The number of para-hydroxylation sites is 2. The van der Waals surface area contributed by atoms with Gasteiger partial charge in [0.25, 0.3) is 5.56 Å². The molecule has 1 aliphatic heterocycles. The Morgan fingerprint density at radius 2 is 1.66 bits per heavy atom. The summed E-state index contributed by atoms with van der Waals surface area (Å²) in [6, 6.07) is 9.11. The van der Waals surface area contributed by atoms with Crippen LogP contribution in [0.25, 0.3) is 11.0 Å². The van der Waals surface area contributed by atoms with Crippen LogP contribution in [0.4, 0.5) is 5.82 Å². The summed E-state index contributed by atoms with van der Waals surface area (Å²) in [6.45, 7) is 5.10. The maximum Gasteiger partial charge on any atom is 0.294 e. The Labute approximate surface area is 174 Å². The Bertz CT molecular complexity index is 846. The first-order valence-corrected chi connectivity index (χ1v) is 11.8. The van der Waals surface area contributed by atoms with Crippen LogP contribution < -0.4 is 10.9 Å². The Morgan fingerprint density at radius 3 is 2.38 bits per heavy atom. The number of likely N-dealkylation sites (tertiary alicyclic amines) is 1. The molecule has 1 N–H and O–H groups in total. The maximum atomic E-state index is 13.3. The van der Waals surface area contributed by atoms with Crippen LogP contribution in [0.3, 0.4) is 0 Å². The first-order chi connectivity index (χ1) is 14.3. The molecule has 0 spiro atoms. The zero-order chi connectivity index (χ0) is 20.1. The van der Waals surface area contributed by atoms with Gasteiger partial charge in [-0.1, -0.05) is 51.2 Å². The fraction of sp³-hybridized carbons (Fsp3) is 0.667. The molecule has 1 saturated heterocycles. The van der Waals surface area contributed by atoms with E-state index in [9.17, 15) is 4.79 Å². The second-order valence-electron chi connectivity index (χ2n) is 8.82. The minimum atomic E-state index is 0.0431. The highest BCUT2D eigenvalue weighted by Gasteiger charge is 2.28. The standard InChI is InChI=1S/C24H36N4O/c1-2-16-25-23-24(29)28(22-13-9-8-12-21(22)26-23)20-14-17-27(18-15-20)19-10-6-4-3-5-7-11-19/h8-9,12-13,19-20H,2-7,10-11,14-18H2,1H3,(H,25,26). The minimum Gasteiger partial charge on any atom is -0.365 e. The molecule has 158 valence electrons. The van der Waals surface area contributed by atoms with Gasteiger partial charge in [0, 0.05) is 31.7 Å². The minimum absolute atomic E-state index is 0.0431. The topological polar surface area (TPSA) is 50.2 Å². The van der Waals surface area contributed by atoms with E-state index in [-0.39, 0.29) is 11.6 Å². The van der Waals surface area contributed by atoms with Crippen molar-refractivity contribution in [1.29, 1.82) is 0 Å². The monoisotopic (exact) mass is 396 g/mol. The van der Waals surface area contributed by atoms with Gasteiger partial charge in [0.2, 0.25) is 0 Å². The van der Waals surface area contributed by atoms with Gasteiger partial charge in [0.15, 0.2) is 5.82 Å².